The van der Waals surface area contributed by atoms with E-state index in [-0.39, 0.29) is 5.92 Å². The first-order chi connectivity index (χ1) is 11.6. The molecule has 2 heterocycles. The summed E-state index contributed by atoms with van der Waals surface area (Å²) in [5.74, 6) is 0.0208. The van der Waals surface area contributed by atoms with Gasteiger partial charge in [-0.15, -0.1) is 0 Å². The number of hydrogen-bond donors (Lipinski definition) is 2. The lowest BCUT2D eigenvalue weighted by atomic mass is 9.90. The molecule has 0 amide bonds. The van der Waals surface area contributed by atoms with Crippen LogP contribution in [0.3, 0.4) is 0 Å². The molecule has 1 aromatic carbocycles. The molecule has 0 saturated carbocycles. The van der Waals surface area contributed by atoms with Gasteiger partial charge in [-0.25, -0.2) is 9.78 Å². The molecular formula is C18H23N3O3. The maximum Gasteiger partial charge on any atom is 0.336 e. The Balaban J connectivity index is 1.60. The molecule has 0 aliphatic carbocycles. The van der Waals surface area contributed by atoms with Crippen LogP contribution in [0.2, 0.25) is 0 Å². The summed E-state index contributed by atoms with van der Waals surface area (Å²) < 4.78 is 1.86. The number of carbonyl (C=O) groups is 1. The van der Waals surface area contributed by atoms with Crippen molar-refractivity contribution in [2.75, 3.05) is 13.1 Å². The molecule has 6 nitrogen and oxygen atoms in total. The minimum Gasteiger partial charge on any atom is -0.478 e. The molecule has 128 valence electrons. The molecule has 0 spiro atoms. The Morgan fingerprint density at radius 2 is 2.04 bits per heavy atom. The molecule has 1 aliphatic rings. The van der Waals surface area contributed by atoms with E-state index in [0.29, 0.717) is 17.9 Å². The van der Waals surface area contributed by atoms with Crippen LogP contribution in [-0.4, -0.2) is 43.7 Å². The molecular weight excluding hydrogens is 306 g/mol. The van der Waals surface area contributed by atoms with E-state index in [0.717, 1.165) is 31.5 Å². The first-order valence-corrected chi connectivity index (χ1v) is 8.25. The van der Waals surface area contributed by atoms with Gasteiger partial charge in [-0.3, -0.25) is 4.90 Å². The van der Waals surface area contributed by atoms with Gasteiger partial charge in [0.05, 0.1) is 5.56 Å². The summed E-state index contributed by atoms with van der Waals surface area (Å²) in [6.45, 7) is 2.33. The highest BCUT2D eigenvalue weighted by Crippen LogP contribution is 2.30. The van der Waals surface area contributed by atoms with Crippen molar-refractivity contribution < 1.29 is 15.0 Å². The first-order valence-electron chi connectivity index (χ1n) is 8.25. The van der Waals surface area contributed by atoms with E-state index in [4.69, 9.17) is 0 Å². The number of rotatable bonds is 5. The third-order valence-electron chi connectivity index (χ3n) is 4.84. The highest BCUT2D eigenvalue weighted by atomic mass is 16.4. The van der Waals surface area contributed by atoms with Crippen LogP contribution in [0, 0.1) is 5.92 Å². The van der Waals surface area contributed by atoms with Gasteiger partial charge in [0.25, 0.3) is 0 Å². The fourth-order valence-electron chi connectivity index (χ4n) is 3.41. The molecule has 1 saturated heterocycles. The van der Waals surface area contributed by atoms with Crippen LogP contribution in [0.25, 0.3) is 0 Å². The lowest BCUT2D eigenvalue weighted by Crippen LogP contribution is -2.36. The Labute approximate surface area is 141 Å². The van der Waals surface area contributed by atoms with Crippen molar-refractivity contribution >= 4 is 5.97 Å². The number of benzene rings is 1. The Morgan fingerprint density at radius 1 is 1.33 bits per heavy atom. The maximum atomic E-state index is 11.3. The average Bonchev–Trinajstić information content (AvgIpc) is 3.01. The molecule has 1 aromatic heterocycles. The standard InChI is InChI=1S/C18H23N3O3/c1-20-11-8-19-17(20)16(22)13-6-9-21(10-7-13)12-14-4-2-3-5-15(14)18(23)24/h2-5,8,11,13,16,22H,6-7,9-10,12H2,1H3,(H,23,24)/t16-/m1/s1. The molecule has 1 aliphatic heterocycles. The minimum absolute atomic E-state index is 0.192. The van der Waals surface area contributed by atoms with Crippen molar-refractivity contribution in [1.29, 1.82) is 0 Å². The molecule has 0 radical (unpaired) electrons. The van der Waals surface area contributed by atoms with Gasteiger partial charge in [0.15, 0.2) is 0 Å². The van der Waals surface area contributed by atoms with Crippen molar-refractivity contribution in [3.63, 3.8) is 0 Å². The van der Waals surface area contributed by atoms with Crippen LogP contribution < -0.4 is 0 Å². The van der Waals surface area contributed by atoms with Gasteiger partial charge in [0, 0.05) is 26.0 Å². The number of hydrogen-bond acceptors (Lipinski definition) is 4. The highest BCUT2D eigenvalue weighted by Gasteiger charge is 2.28. The van der Waals surface area contributed by atoms with Crippen LogP contribution in [0.4, 0.5) is 0 Å². The van der Waals surface area contributed by atoms with Crippen LogP contribution >= 0.6 is 0 Å². The Bertz CT molecular complexity index is 705. The highest BCUT2D eigenvalue weighted by molar-refractivity contribution is 5.89. The lowest BCUT2D eigenvalue weighted by molar-refractivity contribution is 0.0490. The summed E-state index contributed by atoms with van der Waals surface area (Å²) in [5, 5.41) is 19.8. The second-order valence-electron chi connectivity index (χ2n) is 6.42. The minimum atomic E-state index is -0.884. The number of nitrogens with zero attached hydrogens (tertiary/aromatic N) is 3. The topological polar surface area (TPSA) is 78.6 Å². The number of imidazole rings is 1. The molecule has 1 fully saturated rings. The molecule has 1 atom stereocenters. The monoisotopic (exact) mass is 329 g/mol. The molecule has 6 heteroatoms. The zero-order valence-corrected chi connectivity index (χ0v) is 13.8. The number of aliphatic hydroxyl groups is 1. The van der Waals surface area contributed by atoms with Gasteiger partial charge >= 0.3 is 5.97 Å². The summed E-state index contributed by atoms with van der Waals surface area (Å²) in [6, 6.07) is 7.15. The van der Waals surface area contributed by atoms with Gasteiger partial charge < -0.3 is 14.8 Å². The van der Waals surface area contributed by atoms with Crippen molar-refractivity contribution in [3.8, 4) is 0 Å². The predicted octanol–water partition coefficient (Wildman–Crippen LogP) is 2.06. The van der Waals surface area contributed by atoms with E-state index in [2.05, 4.69) is 9.88 Å². The summed E-state index contributed by atoms with van der Waals surface area (Å²) >= 11 is 0. The van der Waals surface area contributed by atoms with E-state index in [9.17, 15) is 15.0 Å². The zero-order valence-electron chi connectivity index (χ0n) is 13.8. The fraction of sp³-hybridized carbons (Fsp3) is 0.444. The number of aliphatic hydroxyl groups excluding tert-OH is 1. The molecule has 2 aromatic rings. The quantitative estimate of drug-likeness (QED) is 0.878. The van der Waals surface area contributed by atoms with Gasteiger partial charge in [-0.2, -0.15) is 0 Å². The first kappa shape index (κ1) is 16.7. The van der Waals surface area contributed by atoms with E-state index in [1.54, 1.807) is 18.3 Å². The summed E-state index contributed by atoms with van der Waals surface area (Å²) in [5.41, 5.74) is 1.21. The predicted molar refractivity (Wildman–Crippen MR) is 89.6 cm³/mol. The number of aromatic carboxylic acids is 1. The summed E-state index contributed by atoms with van der Waals surface area (Å²) in [6.07, 6.45) is 4.76. The van der Waals surface area contributed by atoms with E-state index in [1.165, 1.54) is 0 Å². The SMILES string of the molecule is Cn1ccnc1[C@H](O)C1CCN(Cc2ccccc2C(=O)O)CC1. The van der Waals surface area contributed by atoms with Gasteiger partial charge in [0.2, 0.25) is 0 Å². The Kier molecular flexibility index (Phi) is 4.97. The van der Waals surface area contributed by atoms with Gasteiger partial charge in [-0.05, 0) is 43.5 Å². The third kappa shape index (κ3) is 3.49. The number of aromatic nitrogens is 2. The van der Waals surface area contributed by atoms with E-state index in [1.807, 2.05) is 29.9 Å². The average molecular weight is 329 g/mol. The van der Waals surface area contributed by atoms with Gasteiger partial charge in [0.1, 0.15) is 11.9 Å². The number of carboxylic acids is 1. The Morgan fingerprint density at radius 3 is 2.67 bits per heavy atom. The van der Waals surface area contributed by atoms with Crippen LogP contribution in [0.15, 0.2) is 36.7 Å². The van der Waals surface area contributed by atoms with Crippen LogP contribution in [-0.2, 0) is 13.6 Å². The molecule has 0 unspecified atom stereocenters. The summed E-state index contributed by atoms with van der Waals surface area (Å²) in [4.78, 5) is 17.8. The van der Waals surface area contributed by atoms with E-state index < -0.39 is 12.1 Å². The van der Waals surface area contributed by atoms with Crippen molar-refractivity contribution in [1.82, 2.24) is 14.5 Å². The van der Waals surface area contributed by atoms with Crippen LogP contribution in [0.1, 0.15) is 40.7 Å². The van der Waals surface area contributed by atoms with E-state index >= 15 is 0 Å². The van der Waals surface area contributed by atoms with Gasteiger partial charge in [-0.1, -0.05) is 18.2 Å². The molecule has 24 heavy (non-hydrogen) atoms. The second-order valence-corrected chi connectivity index (χ2v) is 6.42. The lowest BCUT2D eigenvalue weighted by Gasteiger charge is -2.34. The zero-order chi connectivity index (χ0) is 17.1. The number of likely N-dealkylation sites (tertiary alicyclic amines) is 1. The fourth-order valence-corrected chi connectivity index (χ4v) is 3.41. The smallest absolute Gasteiger partial charge is 0.336 e. The van der Waals surface area contributed by atoms with Crippen molar-refractivity contribution in [2.45, 2.75) is 25.5 Å². The second kappa shape index (κ2) is 7.15. The normalized spacial score (nSPS) is 17.8. The Hall–Kier alpha value is -2.18. The maximum absolute atomic E-state index is 11.3. The number of carboxylic acid groups (broad SMARTS) is 1. The van der Waals surface area contributed by atoms with Crippen molar-refractivity contribution in [3.05, 3.63) is 53.6 Å². The third-order valence-corrected chi connectivity index (χ3v) is 4.84. The molecule has 0 bridgehead atoms. The molecule has 2 N–H and O–H groups in total. The summed E-state index contributed by atoms with van der Waals surface area (Å²) in [7, 11) is 1.89. The van der Waals surface area contributed by atoms with Crippen LogP contribution in [0.5, 0.6) is 0 Å². The van der Waals surface area contributed by atoms with Crippen molar-refractivity contribution in [2.24, 2.45) is 13.0 Å². The largest absolute Gasteiger partial charge is 0.478 e. The number of aryl methyl sites for hydroxylation is 1. The molecule has 3 rings (SSSR count). The number of piperidine rings is 1.